The van der Waals surface area contributed by atoms with Crippen LogP contribution in [0.2, 0.25) is 0 Å². The molecule has 2 aromatic carbocycles. The van der Waals surface area contributed by atoms with E-state index >= 15 is 0 Å². The molecule has 192 valence electrons. The number of aryl methyl sites for hydroxylation is 3. The normalized spacial score (nSPS) is 12.2. The molecule has 1 unspecified atom stereocenters. The van der Waals surface area contributed by atoms with Gasteiger partial charge in [0.25, 0.3) is 0 Å². The van der Waals surface area contributed by atoms with Crippen molar-refractivity contribution in [2.24, 2.45) is 0 Å². The predicted octanol–water partition coefficient (Wildman–Crippen LogP) is 4.10. The average Bonchev–Trinajstić information content (AvgIpc) is 2.80. The quantitative estimate of drug-likeness (QED) is 0.474. The van der Waals surface area contributed by atoms with Gasteiger partial charge in [-0.1, -0.05) is 48.9 Å². The fourth-order valence-corrected chi connectivity index (χ4v) is 4.85. The molecule has 0 fully saturated rings. The molecule has 0 saturated carbocycles. The molecular formula is C27H39N3O4S. The summed E-state index contributed by atoms with van der Waals surface area (Å²) < 4.78 is 26.5. The van der Waals surface area contributed by atoms with Crippen molar-refractivity contribution in [3.8, 4) is 0 Å². The van der Waals surface area contributed by atoms with Crippen molar-refractivity contribution in [1.82, 2.24) is 10.2 Å². The van der Waals surface area contributed by atoms with E-state index < -0.39 is 16.1 Å². The number of rotatable bonds is 12. The Balaban J connectivity index is 2.18. The van der Waals surface area contributed by atoms with Crippen LogP contribution < -0.4 is 9.62 Å². The molecule has 0 aliphatic heterocycles. The second-order valence-corrected chi connectivity index (χ2v) is 11.1. The van der Waals surface area contributed by atoms with Crippen LogP contribution in [-0.2, 0) is 26.2 Å². The standard InChI is InChI=1S/C27H39N3O4S/c1-7-16-28-27(32)23(5)29(19-24-14-11-20(2)12-15-24)26(31)9-8-17-30(35(6,33)34)25-18-21(3)10-13-22(25)4/h10-15,18,23H,7-9,16-17,19H2,1-6H3,(H,28,32). The monoisotopic (exact) mass is 501 g/mol. The number of benzene rings is 2. The zero-order valence-corrected chi connectivity index (χ0v) is 22.6. The minimum absolute atomic E-state index is 0.133. The van der Waals surface area contributed by atoms with Gasteiger partial charge in [-0.15, -0.1) is 0 Å². The molecule has 0 heterocycles. The maximum atomic E-state index is 13.3. The SMILES string of the molecule is CCCNC(=O)C(C)N(Cc1ccc(C)cc1)C(=O)CCCN(c1cc(C)ccc1C)S(C)(=O)=O. The van der Waals surface area contributed by atoms with E-state index in [2.05, 4.69) is 5.32 Å². The molecule has 1 atom stereocenters. The van der Waals surface area contributed by atoms with Gasteiger partial charge in [-0.2, -0.15) is 0 Å². The highest BCUT2D eigenvalue weighted by atomic mass is 32.2. The molecule has 0 bridgehead atoms. The second kappa shape index (κ2) is 12.7. The average molecular weight is 502 g/mol. The van der Waals surface area contributed by atoms with Crippen molar-refractivity contribution in [1.29, 1.82) is 0 Å². The van der Waals surface area contributed by atoms with Crippen LogP contribution in [0.3, 0.4) is 0 Å². The summed E-state index contributed by atoms with van der Waals surface area (Å²) in [6, 6.07) is 12.9. The maximum Gasteiger partial charge on any atom is 0.242 e. The molecule has 0 saturated heterocycles. The lowest BCUT2D eigenvalue weighted by molar-refractivity contribution is -0.140. The third-order valence-corrected chi connectivity index (χ3v) is 7.16. The Bertz CT molecular complexity index is 1110. The molecule has 0 aliphatic rings. The Kier molecular flexibility index (Phi) is 10.3. The van der Waals surface area contributed by atoms with Crippen LogP contribution in [0.25, 0.3) is 0 Å². The largest absolute Gasteiger partial charge is 0.354 e. The van der Waals surface area contributed by atoms with E-state index in [-0.39, 0.29) is 24.8 Å². The van der Waals surface area contributed by atoms with Gasteiger partial charge in [0.1, 0.15) is 6.04 Å². The van der Waals surface area contributed by atoms with Crippen LogP contribution in [0.1, 0.15) is 55.4 Å². The number of hydrogen-bond donors (Lipinski definition) is 1. The highest BCUT2D eigenvalue weighted by Crippen LogP contribution is 2.24. The molecular weight excluding hydrogens is 462 g/mol. The molecule has 0 aromatic heterocycles. The zero-order valence-electron chi connectivity index (χ0n) is 21.8. The Morgan fingerprint density at radius 3 is 2.23 bits per heavy atom. The molecule has 35 heavy (non-hydrogen) atoms. The van der Waals surface area contributed by atoms with Crippen molar-refractivity contribution in [3.63, 3.8) is 0 Å². The molecule has 0 radical (unpaired) electrons. The Hall–Kier alpha value is -2.87. The molecule has 2 rings (SSSR count). The lowest BCUT2D eigenvalue weighted by Crippen LogP contribution is -2.47. The molecule has 7 nitrogen and oxygen atoms in total. The first kappa shape index (κ1) is 28.4. The molecule has 8 heteroatoms. The summed E-state index contributed by atoms with van der Waals surface area (Å²) in [5, 5.41) is 2.87. The van der Waals surface area contributed by atoms with Crippen molar-refractivity contribution < 1.29 is 18.0 Å². The molecule has 2 aromatic rings. The van der Waals surface area contributed by atoms with Gasteiger partial charge in [0.05, 0.1) is 11.9 Å². The summed E-state index contributed by atoms with van der Waals surface area (Å²) in [5.41, 5.74) is 4.50. The fourth-order valence-electron chi connectivity index (χ4n) is 3.84. The number of anilines is 1. The van der Waals surface area contributed by atoms with Gasteiger partial charge < -0.3 is 10.2 Å². The first-order valence-electron chi connectivity index (χ1n) is 12.1. The number of amides is 2. The maximum absolute atomic E-state index is 13.3. The molecule has 0 spiro atoms. The number of carbonyl (C=O) groups excluding carboxylic acids is 2. The zero-order chi connectivity index (χ0) is 26.2. The number of carbonyl (C=O) groups is 2. The first-order valence-corrected chi connectivity index (χ1v) is 14.0. The van der Waals surface area contributed by atoms with Crippen LogP contribution in [0.5, 0.6) is 0 Å². The van der Waals surface area contributed by atoms with E-state index in [9.17, 15) is 18.0 Å². The Labute approximate surface area is 210 Å². The molecule has 0 aliphatic carbocycles. The molecule has 1 N–H and O–H groups in total. The Morgan fingerprint density at radius 2 is 1.63 bits per heavy atom. The molecule has 2 amide bonds. The predicted molar refractivity (Wildman–Crippen MR) is 142 cm³/mol. The minimum atomic E-state index is -3.52. The summed E-state index contributed by atoms with van der Waals surface area (Å²) in [7, 11) is -3.52. The van der Waals surface area contributed by atoms with E-state index in [1.54, 1.807) is 11.8 Å². The van der Waals surface area contributed by atoms with Crippen molar-refractivity contribution >= 4 is 27.5 Å². The lowest BCUT2D eigenvalue weighted by Gasteiger charge is -2.29. The third kappa shape index (κ3) is 8.38. The first-order chi connectivity index (χ1) is 16.4. The number of nitrogens with one attached hydrogen (secondary N) is 1. The van der Waals surface area contributed by atoms with Gasteiger partial charge in [0, 0.05) is 26.1 Å². The Morgan fingerprint density at radius 1 is 1.00 bits per heavy atom. The fraction of sp³-hybridized carbons (Fsp3) is 0.481. The van der Waals surface area contributed by atoms with Crippen LogP contribution >= 0.6 is 0 Å². The van der Waals surface area contributed by atoms with Gasteiger partial charge in [0.2, 0.25) is 21.8 Å². The second-order valence-electron chi connectivity index (χ2n) is 9.20. The van der Waals surface area contributed by atoms with Crippen LogP contribution in [0.4, 0.5) is 5.69 Å². The summed E-state index contributed by atoms with van der Waals surface area (Å²) in [4.78, 5) is 27.6. The number of sulfonamides is 1. The van der Waals surface area contributed by atoms with Crippen molar-refractivity contribution in [2.75, 3.05) is 23.7 Å². The highest BCUT2D eigenvalue weighted by molar-refractivity contribution is 7.92. The van der Waals surface area contributed by atoms with Gasteiger partial charge >= 0.3 is 0 Å². The van der Waals surface area contributed by atoms with Crippen molar-refractivity contribution in [3.05, 3.63) is 64.7 Å². The summed E-state index contributed by atoms with van der Waals surface area (Å²) in [5.74, 6) is -0.375. The highest BCUT2D eigenvalue weighted by Gasteiger charge is 2.26. The van der Waals surface area contributed by atoms with Gasteiger partial charge in [-0.25, -0.2) is 8.42 Å². The topological polar surface area (TPSA) is 86.8 Å². The smallest absolute Gasteiger partial charge is 0.242 e. The van der Waals surface area contributed by atoms with Crippen LogP contribution in [0, 0.1) is 20.8 Å². The van der Waals surface area contributed by atoms with E-state index in [0.717, 1.165) is 28.7 Å². The van der Waals surface area contributed by atoms with E-state index in [4.69, 9.17) is 0 Å². The van der Waals surface area contributed by atoms with Gasteiger partial charge in [-0.3, -0.25) is 13.9 Å². The minimum Gasteiger partial charge on any atom is -0.354 e. The summed E-state index contributed by atoms with van der Waals surface area (Å²) in [6.07, 6.45) is 2.46. The lowest BCUT2D eigenvalue weighted by atomic mass is 10.1. The van der Waals surface area contributed by atoms with E-state index in [0.29, 0.717) is 25.2 Å². The third-order valence-electron chi connectivity index (χ3n) is 5.98. The van der Waals surface area contributed by atoms with E-state index in [1.807, 2.05) is 70.2 Å². The van der Waals surface area contributed by atoms with Gasteiger partial charge in [-0.05, 0) is 63.3 Å². The van der Waals surface area contributed by atoms with Crippen LogP contribution in [0.15, 0.2) is 42.5 Å². The van der Waals surface area contributed by atoms with Crippen molar-refractivity contribution in [2.45, 2.75) is 66.5 Å². The van der Waals surface area contributed by atoms with Crippen LogP contribution in [-0.4, -0.2) is 50.5 Å². The van der Waals surface area contributed by atoms with E-state index in [1.165, 1.54) is 10.6 Å². The number of hydrogen-bond acceptors (Lipinski definition) is 4. The number of nitrogens with zero attached hydrogens (tertiary/aromatic N) is 2. The summed E-state index contributed by atoms with van der Waals surface area (Å²) >= 11 is 0. The summed E-state index contributed by atoms with van der Waals surface area (Å²) in [6.45, 7) is 10.5. The van der Waals surface area contributed by atoms with Gasteiger partial charge in [0.15, 0.2) is 0 Å².